The summed E-state index contributed by atoms with van der Waals surface area (Å²) in [4.78, 5) is 27.1. The third-order valence-corrected chi connectivity index (χ3v) is 8.07. The van der Waals surface area contributed by atoms with Crippen LogP contribution in [0, 0.1) is 5.92 Å². The molecule has 1 unspecified atom stereocenters. The second-order valence-electron chi connectivity index (χ2n) is 9.04. The van der Waals surface area contributed by atoms with Gasteiger partial charge in [-0.25, -0.2) is 0 Å². The van der Waals surface area contributed by atoms with Crippen molar-refractivity contribution in [3.8, 4) is 5.75 Å². The predicted octanol–water partition coefficient (Wildman–Crippen LogP) is 4.60. The van der Waals surface area contributed by atoms with Crippen molar-refractivity contribution in [3.63, 3.8) is 0 Å². The van der Waals surface area contributed by atoms with E-state index in [-0.39, 0.29) is 12.6 Å². The van der Waals surface area contributed by atoms with E-state index < -0.39 is 41.0 Å². The molecule has 35 heavy (non-hydrogen) atoms. The van der Waals surface area contributed by atoms with Crippen LogP contribution in [0.3, 0.4) is 0 Å². The normalized spacial score (nSPS) is 22.9. The zero-order valence-electron chi connectivity index (χ0n) is 19.1. The summed E-state index contributed by atoms with van der Waals surface area (Å²) in [5.74, 6) is -1.08. The van der Waals surface area contributed by atoms with Gasteiger partial charge >= 0.3 is 6.18 Å². The molecule has 1 amide bonds. The maximum Gasteiger partial charge on any atom is 0.408 e. The maximum atomic E-state index is 13.8. The number of hydrogen-bond donors (Lipinski definition) is 1. The Morgan fingerprint density at radius 2 is 1.91 bits per heavy atom. The largest absolute Gasteiger partial charge is 0.502 e. The first-order valence-electron chi connectivity index (χ1n) is 11.3. The number of pyridine rings is 1. The topological polar surface area (TPSA) is 65.8 Å². The number of carbonyl (C=O) groups excluding carboxylic acids is 1. The number of alkyl halides is 3. The van der Waals surface area contributed by atoms with Crippen molar-refractivity contribution in [3.05, 3.63) is 81.3 Å². The summed E-state index contributed by atoms with van der Waals surface area (Å²) >= 11 is 1.66. The lowest BCUT2D eigenvalue weighted by molar-refractivity contribution is -0.173. The SMILES string of the molecule is CC1CC=CC2=C1[C@@H](N1CN([C@@H](C)C(F)(F)F)C(=O)c3c(O)c(=O)ccn31)c1ccccc1SC2. The lowest BCUT2D eigenvalue weighted by Gasteiger charge is -2.47. The minimum absolute atomic E-state index is 0.106. The third-order valence-electron chi connectivity index (χ3n) is 6.93. The van der Waals surface area contributed by atoms with Gasteiger partial charge in [-0.3, -0.25) is 19.3 Å². The Labute approximate surface area is 204 Å². The molecule has 2 aliphatic heterocycles. The van der Waals surface area contributed by atoms with Crippen molar-refractivity contribution < 1.29 is 23.1 Å². The van der Waals surface area contributed by atoms with E-state index in [9.17, 15) is 27.9 Å². The smallest absolute Gasteiger partial charge is 0.408 e. The number of allylic oxidation sites excluding steroid dienone is 2. The van der Waals surface area contributed by atoms with E-state index in [2.05, 4.69) is 19.1 Å². The van der Waals surface area contributed by atoms with Gasteiger partial charge in [-0.2, -0.15) is 13.2 Å². The average molecular weight is 504 g/mol. The van der Waals surface area contributed by atoms with Crippen LogP contribution in [-0.4, -0.2) is 45.2 Å². The number of carbonyl (C=O) groups is 1. The molecule has 1 N–H and O–H groups in total. The molecule has 3 heterocycles. The van der Waals surface area contributed by atoms with Gasteiger partial charge in [-0.15, -0.1) is 11.8 Å². The van der Waals surface area contributed by atoms with Gasteiger partial charge in [0, 0.05) is 22.9 Å². The van der Waals surface area contributed by atoms with Gasteiger partial charge < -0.3 is 10.0 Å². The number of amides is 1. The molecule has 1 aliphatic carbocycles. The second kappa shape index (κ2) is 8.51. The summed E-state index contributed by atoms with van der Waals surface area (Å²) in [6, 6.07) is 6.23. The molecule has 5 rings (SSSR count). The van der Waals surface area contributed by atoms with E-state index in [1.54, 1.807) is 16.8 Å². The van der Waals surface area contributed by atoms with Gasteiger partial charge in [0.1, 0.15) is 12.7 Å². The molecule has 6 nitrogen and oxygen atoms in total. The Hall–Kier alpha value is -3.14. The Morgan fingerprint density at radius 1 is 1.17 bits per heavy atom. The van der Waals surface area contributed by atoms with E-state index in [1.165, 1.54) is 10.9 Å². The first-order valence-corrected chi connectivity index (χ1v) is 12.3. The third kappa shape index (κ3) is 3.84. The zero-order chi connectivity index (χ0) is 25.1. The van der Waals surface area contributed by atoms with Crippen molar-refractivity contribution in [1.29, 1.82) is 0 Å². The molecule has 0 fully saturated rings. The molecule has 1 aromatic heterocycles. The second-order valence-corrected chi connectivity index (χ2v) is 10.1. The van der Waals surface area contributed by atoms with Crippen molar-refractivity contribution >= 4 is 17.7 Å². The molecular formula is C25H24F3N3O3S. The highest BCUT2D eigenvalue weighted by Crippen LogP contribution is 2.47. The Kier molecular flexibility index (Phi) is 5.74. The van der Waals surface area contributed by atoms with Crippen molar-refractivity contribution in [2.45, 2.75) is 43.4 Å². The van der Waals surface area contributed by atoms with Crippen LogP contribution < -0.4 is 10.4 Å². The molecule has 0 saturated carbocycles. The van der Waals surface area contributed by atoms with Crippen molar-refractivity contribution in [2.24, 2.45) is 5.92 Å². The molecule has 3 aliphatic rings. The van der Waals surface area contributed by atoms with E-state index in [0.717, 1.165) is 41.0 Å². The van der Waals surface area contributed by atoms with Gasteiger partial charge in [0.2, 0.25) is 5.43 Å². The Bertz CT molecular complexity index is 1320. The highest BCUT2D eigenvalue weighted by molar-refractivity contribution is 7.99. The minimum atomic E-state index is -4.68. The molecule has 0 spiro atoms. The highest BCUT2D eigenvalue weighted by atomic mass is 32.2. The first kappa shape index (κ1) is 23.6. The molecule has 10 heteroatoms. The molecule has 184 valence electrons. The average Bonchev–Trinajstić information content (AvgIpc) is 2.98. The van der Waals surface area contributed by atoms with Gasteiger partial charge in [0.25, 0.3) is 5.91 Å². The van der Waals surface area contributed by atoms with Crippen LogP contribution in [-0.2, 0) is 0 Å². The summed E-state index contributed by atoms with van der Waals surface area (Å²) in [6.07, 6.45) is 1.62. The van der Waals surface area contributed by atoms with Crippen LogP contribution in [0.1, 0.15) is 42.4 Å². The van der Waals surface area contributed by atoms with Gasteiger partial charge in [-0.05, 0) is 42.0 Å². The summed E-state index contributed by atoms with van der Waals surface area (Å²) < 4.78 is 42.8. The zero-order valence-corrected chi connectivity index (χ0v) is 19.9. The summed E-state index contributed by atoms with van der Waals surface area (Å²) in [5.41, 5.74) is 1.77. The minimum Gasteiger partial charge on any atom is -0.502 e. The van der Waals surface area contributed by atoms with Crippen molar-refractivity contribution in [2.75, 3.05) is 17.4 Å². The van der Waals surface area contributed by atoms with Gasteiger partial charge in [-0.1, -0.05) is 37.3 Å². The highest BCUT2D eigenvalue weighted by Gasteiger charge is 2.48. The van der Waals surface area contributed by atoms with E-state index >= 15 is 0 Å². The first-order chi connectivity index (χ1) is 16.6. The summed E-state index contributed by atoms with van der Waals surface area (Å²) in [6.45, 7) is 2.63. The lowest BCUT2D eigenvalue weighted by Crippen LogP contribution is -2.60. The van der Waals surface area contributed by atoms with Crippen LogP contribution in [0.2, 0.25) is 0 Å². The van der Waals surface area contributed by atoms with E-state index in [1.807, 2.05) is 24.3 Å². The summed E-state index contributed by atoms with van der Waals surface area (Å²) in [7, 11) is 0. The fraction of sp³-hybridized carbons (Fsp3) is 0.360. The monoisotopic (exact) mass is 503 g/mol. The molecule has 0 bridgehead atoms. The summed E-state index contributed by atoms with van der Waals surface area (Å²) in [5, 5.41) is 12.2. The van der Waals surface area contributed by atoms with Crippen LogP contribution in [0.25, 0.3) is 0 Å². The number of thioether (sulfide) groups is 1. The Morgan fingerprint density at radius 3 is 2.66 bits per heavy atom. The van der Waals surface area contributed by atoms with Crippen LogP contribution in [0.4, 0.5) is 13.2 Å². The number of nitrogens with zero attached hydrogens (tertiary/aromatic N) is 3. The van der Waals surface area contributed by atoms with E-state index in [4.69, 9.17) is 0 Å². The number of halogens is 3. The standard InChI is InChI=1S/C25H24F3N3O3S/c1-14-6-5-7-16-12-35-19-9-4-3-8-17(19)21(20(14)16)31-13-29(15(2)25(26,27)28)24(34)22-23(33)18(32)10-11-30(22)31/h3-5,7-11,14-15,21,33H,6,12-13H2,1-2H3/t14?,15-,21-/m0/s1. The quantitative estimate of drug-likeness (QED) is 0.649. The molecule has 0 saturated heterocycles. The van der Waals surface area contributed by atoms with Crippen LogP contribution in [0.15, 0.2) is 69.5 Å². The molecule has 2 aromatic rings. The molecule has 1 aromatic carbocycles. The predicted molar refractivity (Wildman–Crippen MR) is 127 cm³/mol. The number of rotatable bonds is 2. The Balaban J connectivity index is 1.77. The van der Waals surface area contributed by atoms with Crippen LogP contribution in [0.5, 0.6) is 5.75 Å². The lowest BCUT2D eigenvalue weighted by atomic mass is 9.81. The fourth-order valence-corrected chi connectivity index (χ4v) is 6.14. The maximum absolute atomic E-state index is 13.8. The molecular weight excluding hydrogens is 479 g/mol. The number of hydrogen-bond acceptors (Lipinski definition) is 5. The number of aromatic nitrogens is 1. The van der Waals surface area contributed by atoms with Crippen LogP contribution >= 0.6 is 11.8 Å². The van der Waals surface area contributed by atoms with E-state index in [0.29, 0.717) is 10.7 Å². The molecule has 3 atom stereocenters. The molecule has 0 radical (unpaired) electrons. The fourth-order valence-electron chi connectivity index (χ4n) is 5.05. The number of aromatic hydroxyl groups is 1. The van der Waals surface area contributed by atoms with Crippen molar-refractivity contribution in [1.82, 2.24) is 9.58 Å². The van der Waals surface area contributed by atoms with Gasteiger partial charge in [0.15, 0.2) is 11.4 Å². The van der Waals surface area contributed by atoms with Gasteiger partial charge in [0.05, 0.1) is 6.04 Å². The number of fused-ring (bicyclic) bond motifs is 2. The number of benzene rings is 1.